The second-order valence-corrected chi connectivity index (χ2v) is 5.54. The van der Waals surface area contributed by atoms with Gasteiger partial charge in [0.2, 0.25) is 0 Å². The van der Waals surface area contributed by atoms with Crippen molar-refractivity contribution >= 4 is 15.9 Å². The van der Waals surface area contributed by atoms with E-state index in [0.29, 0.717) is 12.4 Å². The van der Waals surface area contributed by atoms with Crippen molar-refractivity contribution in [2.45, 2.75) is 32.9 Å². The fourth-order valence-corrected chi connectivity index (χ4v) is 2.27. The van der Waals surface area contributed by atoms with Crippen molar-refractivity contribution in [3.8, 4) is 5.75 Å². The summed E-state index contributed by atoms with van der Waals surface area (Å²) in [4.78, 5) is 0. The highest BCUT2D eigenvalue weighted by molar-refractivity contribution is 9.10. The molecule has 1 atom stereocenters. The maximum Gasteiger partial charge on any atom is 0.174 e. The van der Waals surface area contributed by atoms with E-state index in [-0.39, 0.29) is 6.04 Å². The molecule has 1 aromatic carbocycles. The van der Waals surface area contributed by atoms with Crippen LogP contribution in [0, 0.1) is 0 Å². The molecule has 5 heteroatoms. The molecule has 20 heavy (non-hydrogen) atoms. The van der Waals surface area contributed by atoms with Crippen LogP contribution in [0.1, 0.15) is 37.6 Å². The number of ether oxygens (including phenoxy) is 1. The monoisotopic (exact) mass is 338 g/mol. The second kappa shape index (κ2) is 7.45. The van der Waals surface area contributed by atoms with E-state index in [4.69, 9.17) is 9.26 Å². The summed E-state index contributed by atoms with van der Waals surface area (Å²) in [7, 11) is 0. The van der Waals surface area contributed by atoms with Gasteiger partial charge in [-0.3, -0.25) is 0 Å². The molecule has 0 fully saturated rings. The number of rotatable bonds is 7. The number of hydrogen-bond acceptors (Lipinski definition) is 4. The molecule has 2 aromatic rings. The third-order valence-electron chi connectivity index (χ3n) is 3.00. The lowest BCUT2D eigenvalue weighted by molar-refractivity contribution is 0.245. The van der Waals surface area contributed by atoms with Crippen molar-refractivity contribution in [3.05, 3.63) is 46.3 Å². The molecule has 1 aromatic heterocycles. The van der Waals surface area contributed by atoms with Crippen molar-refractivity contribution in [2.75, 3.05) is 6.54 Å². The minimum Gasteiger partial charge on any atom is -0.485 e. The maximum absolute atomic E-state index is 5.86. The number of aromatic nitrogens is 1. The van der Waals surface area contributed by atoms with Gasteiger partial charge in [-0.15, -0.1) is 0 Å². The standard InChI is InChI=1S/C15H19BrN2O2/c1-3-7-17-11(2)14-5-4-12(16)9-15(14)19-10-13-6-8-18-20-13/h4-6,8-9,11,17H,3,7,10H2,1-2H3. The van der Waals surface area contributed by atoms with Crippen molar-refractivity contribution in [2.24, 2.45) is 0 Å². The molecule has 0 aliphatic rings. The van der Waals surface area contributed by atoms with Gasteiger partial charge in [-0.25, -0.2) is 0 Å². The van der Waals surface area contributed by atoms with Crippen LogP contribution in [-0.4, -0.2) is 11.7 Å². The van der Waals surface area contributed by atoms with Gasteiger partial charge in [-0.1, -0.05) is 34.1 Å². The zero-order valence-electron chi connectivity index (χ0n) is 11.7. The van der Waals surface area contributed by atoms with E-state index in [1.807, 2.05) is 12.1 Å². The Morgan fingerprint density at radius 3 is 2.95 bits per heavy atom. The van der Waals surface area contributed by atoms with Crippen molar-refractivity contribution in [3.63, 3.8) is 0 Å². The molecule has 0 radical (unpaired) electrons. The van der Waals surface area contributed by atoms with Crippen LogP contribution < -0.4 is 10.1 Å². The summed E-state index contributed by atoms with van der Waals surface area (Å²) in [6.07, 6.45) is 2.72. The number of benzene rings is 1. The third-order valence-corrected chi connectivity index (χ3v) is 3.50. The minimum atomic E-state index is 0.243. The van der Waals surface area contributed by atoms with Crippen LogP contribution in [0.25, 0.3) is 0 Å². The van der Waals surface area contributed by atoms with Gasteiger partial charge in [0.25, 0.3) is 0 Å². The summed E-state index contributed by atoms with van der Waals surface area (Å²) in [5.74, 6) is 1.57. The molecule has 0 spiro atoms. The van der Waals surface area contributed by atoms with E-state index in [1.54, 1.807) is 12.3 Å². The average Bonchev–Trinajstić information content (AvgIpc) is 2.96. The molecule has 1 heterocycles. The van der Waals surface area contributed by atoms with Crippen LogP contribution in [0.5, 0.6) is 5.75 Å². The van der Waals surface area contributed by atoms with Crippen molar-refractivity contribution in [1.82, 2.24) is 10.5 Å². The Bertz CT molecular complexity index is 529. The summed E-state index contributed by atoms with van der Waals surface area (Å²) >= 11 is 3.48. The predicted molar refractivity (Wildman–Crippen MR) is 81.7 cm³/mol. The van der Waals surface area contributed by atoms with Gasteiger partial charge in [-0.2, -0.15) is 0 Å². The van der Waals surface area contributed by atoms with Gasteiger partial charge in [0.1, 0.15) is 12.4 Å². The highest BCUT2D eigenvalue weighted by Gasteiger charge is 2.12. The summed E-state index contributed by atoms with van der Waals surface area (Å²) in [6.45, 7) is 5.66. The van der Waals surface area contributed by atoms with Gasteiger partial charge in [-0.05, 0) is 32.0 Å². The lowest BCUT2D eigenvalue weighted by Gasteiger charge is -2.18. The molecule has 0 aliphatic carbocycles. The topological polar surface area (TPSA) is 47.3 Å². The largest absolute Gasteiger partial charge is 0.485 e. The Kier molecular flexibility index (Phi) is 5.61. The Balaban J connectivity index is 2.10. The third kappa shape index (κ3) is 4.08. The zero-order chi connectivity index (χ0) is 14.4. The fraction of sp³-hybridized carbons (Fsp3) is 0.400. The van der Waals surface area contributed by atoms with Crippen molar-refractivity contribution in [1.29, 1.82) is 0 Å². The van der Waals surface area contributed by atoms with E-state index in [9.17, 15) is 0 Å². The molecule has 108 valence electrons. The zero-order valence-corrected chi connectivity index (χ0v) is 13.3. The number of hydrogen-bond donors (Lipinski definition) is 1. The molecular weight excluding hydrogens is 320 g/mol. The van der Waals surface area contributed by atoms with Crippen LogP contribution in [0.4, 0.5) is 0 Å². The smallest absolute Gasteiger partial charge is 0.174 e. The lowest BCUT2D eigenvalue weighted by Crippen LogP contribution is -2.20. The second-order valence-electron chi connectivity index (χ2n) is 4.63. The Morgan fingerprint density at radius 1 is 1.40 bits per heavy atom. The highest BCUT2D eigenvalue weighted by atomic mass is 79.9. The van der Waals surface area contributed by atoms with Crippen LogP contribution >= 0.6 is 15.9 Å². The molecule has 4 nitrogen and oxygen atoms in total. The van der Waals surface area contributed by atoms with Gasteiger partial charge in [0, 0.05) is 22.1 Å². The lowest BCUT2D eigenvalue weighted by atomic mass is 10.1. The first-order chi connectivity index (χ1) is 9.70. The quantitative estimate of drug-likeness (QED) is 0.826. The summed E-state index contributed by atoms with van der Waals surface area (Å²) in [5, 5.41) is 7.14. The van der Waals surface area contributed by atoms with Crippen LogP contribution in [-0.2, 0) is 6.61 Å². The summed E-state index contributed by atoms with van der Waals surface area (Å²) < 4.78 is 11.9. The van der Waals surface area contributed by atoms with E-state index < -0.39 is 0 Å². The van der Waals surface area contributed by atoms with Crippen LogP contribution in [0.3, 0.4) is 0 Å². The van der Waals surface area contributed by atoms with E-state index in [2.05, 4.69) is 46.3 Å². The molecule has 0 aliphatic heterocycles. The molecular formula is C15H19BrN2O2. The van der Waals surface area contributed by atoms with Crippen LogP contribution in [0.2, 0.25) is 0 Å². The van der Waals surface area contributed by atoms with Gasteiger partial charge in [0.15, 0.2) is 5.76 Å². The first kappa shape index (κ1) is 15.1. The van der Waals surface area contributed by atoms with Crippen LogP contribution in [0.15, 0.2) is 39.5 Å². The Labute approximate surface area is 127 Å². The molecule has 2 rings (SSSR count). The molecule has 1 unspecified atom stereocenters. The van der Waals surface area contributed by atoms with Gasteiger partial charge < -0.3 is 14.6 Å². The number of halogens is 1. The fourth-order valence-electron chi connectivity index (χ4n) is 1.93. The molecule has 1 N–H and O–H groups in total. The van der Waals surface area contributed by atoms with Gasteiger partial charge >= 0.3 is 0 Å². The van der Waals surface area contributed by atoms with Crippen molar-refractivity contribution < 1.29 is 9.26 Å². The minimum absolute atomic E-state index is 0.243. The highest BCUT2D eigenvalue weighted by Crippen LogP contribution is 2.29. The Hall–Kier alpha value is -1.33. The molecule has 0 saturated heterocycles. The molecule has 0 amide bonds. The Morgan fingerprint density at radius 2 is 2.25 bits per heavy atom. The molecule has 0 saturated carbocycles. The summed E-state index contributed by atoms with van der Waals surface area (Å²) in [5.41, 5.74) is 1.14. The summed E-state index contributed by atoms with van der Waals surface area (Å²) in [6, 6.07) is 8.13. The average molecular weight is 339 g/mol. The van der Waals surface area contributed by atoms with E-state index in [0.717, 1.165) is 28.8 Å². The first-order valence-electron chi connectivity index (χ1n) is 6.76. The van der Waals surface area contributed by atoms with E-state index in [1.165, 1.54) is 0 Å². The normalized spacial score (nSPS) is 12.3. The predicted octanol–water partition coefficient (Wildman–Crippen LogP) is 4.08. The van der Waals surface area contributed by atoms with E-state index >= 15 is 0 Å². The number of nitrogens with zero attached hydrogens (tertiary/aromatic N) is 1. The molecule has 0 bridgehead atoms. The maximum atomic E-state index is 5.86. The first-order valence-corrected chi connectivity index (χ1v) is 7.55. The SMILES string of the molecule is CCCNC(C)c1ccc(Br)cc1OCc1ccno1. The number of nitrogens with one attached hydrogen (secondary N) is 1. The van der Waals surface area contributed by atoms with Gasteiger partial charge in [0.05, 0.1) is 6.20 Å².